The van der Waals surface area contributed by atoms with Crippen molar-refractivity contribution in [3.63, 3.8) is 0 Å². The van der Waals surface area contributed by atoms with Crippen molar-refractivity contribution < 1.29 is 14.3 Å². The van der Waals surface area contributed by atoms with Crippen molar-refractivity contribution in [3.05, 3.63) is 33.2 Å². The summed E-state index contributed by atoms with van der Waals surface area (Å²) in [6.07, 6.45) is 1.26. The van der Waals surface area contributed by atoms with E-state index in [1.807, 2.05) is 26.0 Å². The van der Waals surface area contributed by atoms with Gasteiger partial charge in [0.15, 0.2) is 5.78 Å². The number of rotatable bonds is 2. The monoisotopic (exact) mass is 345 g/mol. The van der Waals surface area contributed by atoms with Crippen LogP contribution in [0.1, 0.15) is 49.3 Å². The summed E-state index contributed by atoms with van der Waals surface area (Å²) in [6.45, 7) is 8.09. The summed E-state index contributed by atoms with van der Waals surface area (Å²) in [7, 11) is 1.39. The van der Waals surface area contributed by atoms with Crippen LogP contribution in [0.2, 0.25) is 0 Å². The minimum absolute atomic E-state index is 0.0896. The van der Waals surface area contributed by atoms with Gasteiger partial charge in [0, 0.05) is 39.1 Å². The van der Waals surface area contributed by atoms with Gasteiger partial charge in [-0.3, -0.25) is 14.6 Å². The molecule has 2 heterocycles. The Morgan fingerprint density at radius 3 is 2.58 bits per heavy atom. The number of allylic oxidation sites excluding steroid dienone is 2. The number of nitrogens with zero attached hydrogens (tertiary/aromatic N) is 1. The predicted octanol–water partition coefficient (Wildman–Crippen LogP) is 4.05. The van der Waals surface area contributed by atoms with Crippen LogP contribution in [0, 0.1) is 18.3 Å². The average Bonchev–Trinajstić information content (AvgIpc) is 2.90. The SMILES string of the molecule is COC(=O)[C@@H]1C(C)=NC2=C(C(=O)CC(C)(C)C2)[C@@H]1c1ccc(C)s1. The van der Waals surface area contributed by atoms with Crippen molar-refractivity contribution >= 4 is 28.8 Å². The van der Waals surface area contributed by atoms with Crippen molar-refractivity contribution in [1.29, 1.82) is 0 Å². The number of ether oxygens (including phenoxy) is 1. The highest BCUT2D eigenvalue weighted by Crippen LogP contribution is 2.48. The number of Topliss-reactive ketones (excluding diaryl/α,β-unsaturated/α-hetero) is 1. The minimum Gasteiger partial charge on any atom is -0.468 e. The lowest BCUT2D eigenvalue weighted by Crippen LogP contribution is -2.39. The molecule has 2 atom stereocenters. The van der Waals surface area contributed by atoms with E-state index < -0.39 is 5.92 Å². The Morgan fingerprint density at radius 2 is 2.00 bits per heavy atom. The van der Waals surface area contributed by atoms with Gasteiger partial charge in [-0.05, 0) is 37.8 Å². The summed E-state index contributed by atoms with van der Waals surface area (Å²) >= 11 is 1.64. The Bertz CT molecular complexity index is 769. The molecule has 0 bridgehead atoms. The van der Waals surface area contributed by atoms with E-state index in [0.717, 1.165) is 28.3 Å². The summed E-state index contributed by atoms with van der Waals surface area (Å²) in [5.74, 6) is -0.997. The highest BCUT2D eigenvalue weighted by Gasteiger charge is 2.46. The zero-order valence-corrected chi connectivity index (χ0v) is 15.6. The molecular formula is C19H23NO3S. The van der Waals surface area contributed by atoms with Gasteiger partial charge in [0.1, 0.15) is 5.92 Å². The number of aryl methyl sites for hydroxylation is 1. The first-order valence-corrected chi connectivity index (χ1v) is 9.01. The third-order valence-electron chi connectivity index (χ3n) is 4.82. The van der Waals surface area contributed by atoms with Gasteiger partial charge in [0.05, 0.1) is 7.11 Å². The molecule has 0 saturated heterocycles. The maximum Gasteiger partial charge on any atom is 0.315 e. The fraction of sp³-hybridized carbons (Fsp3) is 0.526. The smallest absolute Gasteiger partial charge is 0.315 e. The zero-order chi connectivity index (χ0) is 17.6. The van der Waals surface area contributed by atoms with E-state index in [-0.39, 0.29) is 23.1 Å². The third kappa shape index (κ3) is 2.86. The van der Waals surface area contributed by atoms with Crippen LogP contribution in [-0.2, 0) is 14.3 Å². The third-order valence-corrected chi connectivity index (χ3v) is 5.91. The Morgan fingerprint density at radius 1 is 1.29 bits per heavy atom. The number of aliphatic imine (C=N–C) groups is 1. The summed E-state index contributed by atoms with van der Waals surface area (Å²) in [4.78, 5) is 32.2. The summed E-state index contributed by atoms with van der Waals surface area (Å²) < 4.78 is 5.03. The zero-order valence-electron chi connectivity index (χ0n) is 14.8. The molecular weight excluding hydrogens is 322 g/mol. The highest BCUT2D eigenvalue weighted by molar-refractivity contribution is 7.12. The van der Waals surface area contributed by atoms with Gasteiger partial charge < -0.3 is 4.74 Å². The molecule has 1 aliphatic carbocycles. The van der Waals surface area contributed by atoms with Crippen molar-refractivity contribution in [3.8, 4) is 0 Å². The number of hydrogen-bond acceptors (Lipinski definition) is 5. The van der Waals surface area contributed by atoms with Crippen molar-refractivity contribution in [2.24, 2.45) is 16.3 Å². The Balaban J connectivity index is 2.18. The van der Waals surface area contributed by atoms with Gasteiger partial charge in [0.2, 0.25) is 0 Å². The summed E-state index contributed by atoms with van der Waals surface area (Å²) in [6, 6.07) is 4.06. The van der Waals surface area contributed by atoms with Crippen molar-refractivity contribution in [2.75, 3.05) is 7.11 Å². The summed E-state index contributed by atoms with van der Waals surface area (Å²) in [5, 5.41) is 0. The topological polar surface area (TPSA) is 55.7 Å². The standard InChI is InChI=1S/C19H23NO3S/c1-10-6-7-14(24-10)17-15(18(22)23-5)11(2)20-12-8-19(3,4)9-13(21)16(12)17/h6-7,15,17H,8-9H2,1-5H3/t15-,17-/m1/s1. The maximum absolute atomic E-state index is 12.9. The maximum atomic E-state index is 12.9. The summed E-state index contributed by atoms with van der Waals surface area (Å²) in [5.41, 5.74) is 2.22. The lowest BCUT2D eigenvalue weighted by atomic mass is 9.68. The van der Waals surface area contributed by atoms with Gasteiger partial charge in [0.25, 0.3) is 0 Å². The normalized spacial score (nSPS) is 26.0. The Labute approximate surface area is 146 Å². The van der Waals surface area contributed by atoms with E-state index in [9.17, 15) is 9.59 Å². The van der Waals surface area contributed by atoms with Crippen molar-refractivity contribution in [1.82, 2.24) is 0 Å². The molecule has 2 aliphatic rings. The molecule has 0 aromatic carbocycles. The second kappa shape index (κ2) is 5.96. The first kappa shape index (κ1) is 17.1. The predicted molar refractivity (Wildman–Crippen MR) is 95.5 cm³/mol. The van der Waals surface area contributed by atoms with E-state index in [4.69, 9.17) is 4.74 Å². The van der Waals surface area contributed by atoms with Crippen LogP contribution in [-0.4, -0.2) is 24.6 Å². The lowest BCUT2D eigenvalue weighted by Gasteiger charge is -2.38. The van der Waals surface area contributed by atoms with Crippen LogP contribution in [0.4, 0.5) is 0 Å². The molecule has 128 valence electrons. The number of thiophene rings is 1. The van der Waals surface area contributed by atoms with Crippen LogP contribution >= 0.6 is 11.3 Å². The van der Waals surface area contributed by atoms with Crippen LogP contribution < -0.4 is 0 Å². The van der Waals surface area contributed by atoms with E-state index in [2.05, 4.69) is 18.8 Å². The largest absolute Gasteiger partial charge is 0.468 e. The van der Waals surface area contributed by atoms with Crippen LogP contribution in [0.5, 0.6) is 0 Å². The van der Waals surface area contributed by atoms with Gasteiger partial charge in [-0.15, -0.1) is 11.3 Å². The molecule has 0 spiro atoms. The van der Waals surface area contributed by atoms with Crippen molar-refractivity contribution in [2.45, 2.75) is 46.5 Å². The molecule has 1 aromatic rings. The molecule has 1 aromatic heterocycles. The molecule has 4 nitrogen and oxygen atoms in total. The van der Waals surface area contributed by atoms with Gasteiger partial charge in [-0.1, -0.05) is 13.8 Å². The second-order valence-electron chi connectivity index (χ2n) is 7.48. The highest BCUT2D eigenvalue weighted by atomic mass is 32.1. The first-order valence-electron chi connectivity index (χ1n) is 8.19. The number of carbonyl (C=O) groups excluding carboxylic acids is 2. The van der Waals surface area contributed by atoms with Gasteiger partial charge in [-0.25, -0.2) is 0 Å². The molecule has 1 aliphatic heterocycles. The second-order valence-corrected chi connectivity index (χ2v) is 8.80. The van der Waals surface area contributed by atoms with Crippen LogP contribution in [0.3, 0.4) is 0 Å². The number of methoxy groups -OCH3 is 1. The fourth-order valence-electron chi connectivity index (χ4n) is 3.81. The molecule has 0 saturated carbocycles. The number of ketones is 1. The molecule has 0 radical (unpaired) electrons. The fourth-order valence-corrected chi connectivity index (χ4v) is 4.83. The molecule has 3 rings (SSSR count). The lowest BCUT2D eigenvalue weighted by molar-refractivity contribution is -0.143. The minimum atomic E-state index is -0.517. The average molecular weight is 345 g/mol. The van der Waals surface area contributed by atoms with E-state index in [1.54, 1.807) is 11.3 Å². The molecule has 0 amide bonds. The Hall–Kier alpha value is -1.75. The quantitative estimate of drug-likeness (QED) is 0.760. The van der Waals surface area contributed by atoms with Crippen LogP contribution in [0.25, 0.3) is 0 Å². The number of carbonyl (C=O) groups is 2. The van der Waals surface area contributed by atoms with E-state index in [1.165, 1.54) is 12.0 Å². The Kier molecular flexibility index (Phi) is 4.24. The van der Waals surface area contributed by atoms with Crippen LogP contribution in [0.15, 0.2) is 28.4 Å². The molecule has 0 unspecified atom stereocenters. The molecule has 0 N–H and O–H groups in total. The molecule has 24 heavy (non-hydrogen) atoms. The molecule has 0 fully saturated rings. The number of esters is 1. The van der Waals surface area contributed by atoms with E-state index >= 15 is 0 Å². The van der Waals surface area contributed by atoms with E-state index in [0.29, 0.717) is 6.42 Å². The first-order chi connectivity index (χ1) is 11.2. The number of hydrogen-bond donors (Lipinski definition) is 0. The molecule has 5 heteroatoms. The van der Waals surface area contributed by atoms with Gasteiger partial charge in [-0.2, -0.15) is 0 Å². The van der Waals surface area contributed by atoms with Gasteiger partial charge >= 0.3 is 5.97 Å².